The van der Waals surface area contributed by atoms with E-state index < -0.39 is 36.0 Å². The van der Waals surface area contributed by atoms with Crippen molar-refractivity contribution in [3.8, 4) is 0 Å². The van der Waals surface area contributed by atoms with Gasteiger partial charge in [-0.1, -0.05) is 12.7 Å². The van der Waals surface area contributed by atoms with Crippen LogP contribution in [0.4, 0.5) is 8.78 Å². The van der Waals surface area contributed by atoms with Crippen LogP contribution in [0.5, 0.6) is 0 Å². The fraction of sp³-hybridized carbons (Fsp3) is 0.448. The minimum absolute atomic E-state index is 0.0134. The first kappa shape index (κ1) is 41.2. The quantitative estimate of drug-likeness (QED) is 0.113. The molecule has 3 atom stereocenters. The van der Waals surface area contributed by atoms with Gasteiger partial charge in [-0.15, -0.1) is 13.2 Å². The van der Waals surface area contributed by atoms with Crippen LogP contribution in [0.25, 0.3) is 0 Å². The summed E-state index contributed by atoms with van der Waals surface area (Å²) >= 11 is 0. The summed E-state index contributed by atoms with van der Waals surface area (Å²) in [6, 6.07) is 0. The number of morpholine rings is 2. The number of nitrogens with zero attached hydrogens (tertiary/aromatic N) is 2. The van der Waals surface area contributed by atoms with Gasteiger partial charge in [0, 0.05) is 30.2 Å². The summed E-state index contributed by atoms with van der Waals surface area (Å²) in [4.78, 5) is 40.7. The van der Waals surface area contributed by atoms with E-state index in [0.717, 1.165) is 19.1 Å². The lowest BCUT2D eigenvalue weighted by Gasteiger charge is -2.35. The predicted molar refractivity (Wildman–Crippen MR) is 163 cm³/mol. The molecule has 0 aromatic heterocycles. The largest absolute Gasteiger partial charge is 0.388 e. The molecule has 0 bridgehead atoms. The Kier molecular flexibility index (Phi) is 21.6. The van der Waals surface area contributed by atoms with Crippen LogP contribution in [0, 0.1) is 5.41 Å². The maximum absolute atomic E-state index is 13.4. The summed E-state index contributed by atoms with van der Waals surface area (Å²) in [5.41, 5.74) is 9.86. The molecule has 12 nitrogen and oxygen atoms in total. The highest BCUT2D eigenvalue weighted by atomic mass is 19.1. The molecule has 242 valence electrons. The van der Waals surface area contributed by atoms with E-state index in [0.29, 0.717) is 24.5 Å². The lowest BCUT2D eigenvalue weighted by molar-refractivity contribution is -0.164. The highest BCUT2D eigenvalue weighted by Gasteiger charge is 2.40. The van der Waals surface area contributed by atoms with Gasteiger partial charge in [-0.3, -0.25) is 19.8 Å². The normalized spacial score (nSPS) is 19.3. The van der Waals surface area contributed by atoms with E-state index in [4.69, 9.17) is 20.6 Å². The molecule has 0 aliphatic carbocycles. The van der Waals surface area contributed by atoms with E-state index in [1.165, 1.54) is 36.8 Å². The van der Waals surface area contributed by atoms with Crippen LogP contribution in [0.2, 0.25) is 0 Å². The van der Waals surface area contributed by atoms with E-state index >= 15 is 0 Å². The van der Waals surface area contributed by atoms with Crippen molar-refractivity contribution < 1.29 is 37.7 Å². The molecule has 2 aliphatic rings. The van der Waals surface area contributed by atoms with E-state index in [1.807, 2.05) is 0 Å². The molecule has 0 aromatic carbocycles. The molecular weight excluding hydrogens is 566 g/mol. The molecule has 2 saturated heterocycles. The van der Waals surface area contributed by atoms with Crippen LogP contribution in [-0.4, -0.2) is 96.8 Å². The standard InChI is InChI=1S/C24H31F2N3O6.C2H6N2.C2H4.CH5N/c1-5-18(28-7-9-34-14-20(28)30)13-19(6-2)29-8-10-35-22(24(29)33)21(31)23(32)27-17(11-15(3)25)12-16(4)26;1-2(3)4;2*1-2/h5-6,11-13,15,21-22,31H,1,7-10,14H2,2-4H3,(H,27,32);1H3,(H3,3,4);1-2H2;2H2,1H3/b16-12+,17-11+,18-13+,19-6+;;;. The lowest BCUT2D eigenvalue weighted by atomic mass is 10.1. The van der Waals surface area contributed by atoms with E-state index in [2.05, 4.69) is 30.8 Å². The number of hydrogen-bond donors (Lipinski definition) is 5. The monoisotopic (exact) mass is 612 g/mol. The molecular formula is C29H46F2N6O6. The van der Waals surface area contributed by atoms with Gasteiger partial charge < -0.3 is 41.2 Å². The van der Waals surface area contributed by atoms with Gasteiger partial charge in [0.1, 0.15) is 12.8 Å². The average molecular weight is 613 g/mol. The number of ether oxygens (including phenoxy) is 2. The number of carbonyl (C=O) groups excluding carboxylic acids is 3. The first-order valence-electron chi connectivity index (χ1n) is 13.2. The van der Waals surface area contributed by atoms with Crippen LogP contribution in [-0.2, 0) is 23.9 Å². The van der Waals surface area contributed by atoms with E-state index in [-0.39, 0.29) is 37.2 Å². The third-order valence-corrected chi connectivity index (χ3v) is 5.12. The Morgan fingerprint density at radius 3 is 2.19 bits per heavy atom. The molecule has 7 N–H and O–H groups in total. The van der Waals surface area contributed by atoms with Crippen LogP contribution in [0.3, 0.4) is 0 Å². The van der Waals surface area contributed by atoms with Gasteiger partial charge in [0.15, 0.2) is 12.2 Å². The number of aliphatic hydroxyl groups is 1. The number of nitrogens with one attached hydrogen (secondary N) is 2. The number of rotatable bonds is 9. The minimum atomic E-state index is -1.95. The van der Waals surface area contributed by atoms with Crippen molar-refractivity contribution in [3.05, 3.63) is 73.0 Å². The Bertz CT molecular complexity index is 1070. The van der Waals surface area contributed by atoms with Crippen molar-refractivity contribution in [2.24, 2.45) is 11.5 Å². The molecule has 0 spiro atoms. The molecule has 0 aromatic rings. The minimum Gasteiger partial charge on any atom is -0.388 e. The summed E-state index contributed by atoms with van der Waals surface area (Å²) in [6.07, 6.45) is 1.57. The molecule has 2 rings (SSSR count). The molecule has 2 aliphatic heterocycles. The number of nitrogens with two attached hydrogens (primary N) is 2. The van der Waals surface area contributed by atoms with Crippen molar-refractivity contribution in [2.75, 3.05) is 40.0 Å². The highest BCUT2D eigenvalue weighted by Crippen LogP contribution is 2.21. The van der Waals surface area contributed by atoms with Gasteiger partial charge in [0.25, 0.3) is 17.7 Å². The first-order chi connectivity index (χ1) is 20.3. The van der Waals surface area contributed by atoms with Crippen molar-refractivity contribution >= 4 is 23.6 Å². The molecule has 0 radical (unpaired) electrons. The zero-order valence-electron chi connectivity index (χ0n) is 25.6. The molecule has 3 amide bonds. The van der Waals surface area contributed by atoms with Crippen molar-refractivity contribution in [1.82, 2.24) is 15.1 Å². The maximum atomic E-state index is 13.4. The third kappa shape index (κ3) is 15.2. The van der Waals surface area contributed by atoms with Gasteiger partial charge >= 0.3 is 0 Å². The number of aliphatic hydroxyl groups excluding tert-OH is 1. The molecule has 2 heterocycles. The second kappa shape index (κ2) is 22.6. The Balaban J connectivity index is 0. The number of carbonyl (C=O) groups is 3. The summed E-state index contributed by atoms with van der Waals surface area (Å²) < 4.78 is 37.2. The number of halogens is 2. The lowest BCUT2D eigenvalue weighted by Crippen LogP contribution is -2.55. The van der Waals surface area contributed by atoms with Crippen LogP contribution >= 0.6 is 0 Å². The smallest absolute Gasteiger partial charge is 0.259 e. The molecule has 14 heteroatoms. The Labute approximate surface area is 252 Å². The molecule has 3 unspecified atom stereocenters. The van der Waals surface area contributed by atoms with Crippen molar-refractivity contribution in [3.63, 3.8) is 0 Å². The Morgan fingerprint density at radius 2 is 1.72 bits per heavy atom. The van der Waals surface area contributed by atoms with Gasteiger partial charge in [-0.25, -0.2) is 8.78 Å². The zero-order chi connectivity index (χ0) is 33.7. The summed E-state index contributed by atoms with van der Waals surface area (Å²) in [5, 5.41) is 19.0. The summed E-state index contributed by atoms with van der Waals surface area (Å²) in [6.45, 7) is 16.0. The molecule has 0 saturated carbocycles. The Morgan fingerprint density at radius 1 is 1.16 bits per heavy atom. The second-order valence-corrected chi connectivity index (χ2v) is 8.51. The molecule has 2 fully saturated rings. The van der Waals surface area contributed by atoms with Gasteiger partial charge in [0.05, 0.1) is 24.9 Å². The van der Waals surface area contributed by atoms with Crippen molar-refractivity contribution in [2.45, 2.75) is 46.1 Å². The number of hydrogen-bond acceptors (Lipinski definition) is 8. The van der Waals surface area contributed by atoms with Crippen molar-refractivity contribution in [1.29, 1.82) is 5.41 Å². The maximum Gasteiger partial charge on any atom is 0.259 e. The predicted octanol–water partition coefficient (Wildman–Crippen LogP) is 1.96. The fourth-order valence-electron chi connectivity index (χ4n) is 3.54. The molecule has 43 heavy (non-hydrogen) atoms. The van der Waals surface area contributed by atoms with E-state index in [1.54, 1.807) is 19.1 Å². The average Bonchev–Trinajstić information content (AvgIpc) is 2.95. The van der Waals surface area contributed by atoms with Crippen LogP contribution in [0.15, 0.2) is 73.0 Å². The van der Waals surface area contributed by atoms with E-state index in [9.17, 15) is 28.3 Å². The topological polar surface area (TPSA) is 184 Å². The van der Waals surface area contributed by atoms with Gasteiger partial charge in [-0.05, 0) is 59.0 Å². The third-order valence-electron chi connectivity index (χ3n) is 5.12. The SMILES string of the molecule is C=C.C=C/C(=C\C(=C/C)N1CCOC(C(O)C(=O)NC(/C=C(\C)F)=C/C(C)F)C1=O)N1CCOCC1=O.CC(=N)N.CN. The summed E-state index contributed by atoms with van der Waals surface area (Å²) in [7, 11) is 1.50. The number of amidine groups is 1. The van der Waals surface area contributed by atoms with Gasteiger partial charge in [0.2, 0.25) is 0 Å². The first-order valence-corrected chi connectivity index (χ1v) is 13.2. The van der Waals surface area contributed by atoms with Crippen LogP contribution in [0.1, 0.15) is 27.7 Å². The van der Waals surface area contributed by atoms with Gasteiger partial charge in [-0.2, -0.15) is 0 Å². The number of allylic oxidation sites excluding steroid dienone is 6. The number of alkyl halides is 1. The fourth-order valence-corrected chi connectivity index (χ4v) is 3.54. The summed E-state index contributed by atoms with van der Waals surface area (Å²) in [5.74, 6) is -2.52. The Hall–Kier alpha value is -3.98. The highest BCUT2D eigenvalue weighted by molar-refractivity contribution is 5.93. The number of amides is 3. The second-order valence-electron chi connectivity index (χ2n) is 8.51. The van der Waals surface area contributed by atoms with Crippen LogP contribution < -0.4 is 16.8 Å². The zero-order valence-corrected chi connectivity index (χ0v) is 25.6.